The number of hydrogen-bond acceptors (Lipinski definition) is 3. The first-order valence-electron chi connectivity index (χ1n) is 6.48. The normalized spacial score (nSPS) is 18.7. The Morgan fingerprint density at radius 2 is 2.15 bits per heavy atom. The summed E-state index contributed by atoms with van der Waals surface area (Å²) in [5.74, 6) is 0.0501. The number of carbonyl (C=O) groups is 2. The van der Waals surface area contributed by atoms with Gasteiger partial charge in [0.1, 0.15) is 11.8 Å². The van der Waals surface area contributed by atoms with Crippen molar-refractivity contribution in [3.05, 3.63) is 28.2 Å². The third-order valence-electron chi connectivity index (χ3n) is 3.49. The third-order valence-corrected chi connectivity index (χ3v) is 4.11. The lowest BCUT2D eigenvalue weighted by Gasteiger charge is -2.33. The zero-order valence-electron chi connectivity index (χ0n) is 11.3. The summed E-state index contributed by atoms with van der Waals surface area (Å²) >= 11 is 3.36. The molecule has 20 heavy (non-hydrogen) atoms. The molecule has 1 aliphatic heterocycles. The van der Waals surface area contributed by atoms with Gasteiger partial charge in [-0.1, -0.05) is 0 Å². The first-order valence-corrected chi connectivity index (χ1v) is 7.27. The minimum atomic E-state index is -0.503. The maximum atomic E-state index is 12.5. The van der Waals surface area contributed by atoms with Gasteiger partial charge in [-0.3, -0.25) is 9.59 Å². The molecule has 2 N–H and O–H groups in total. The van der Waals surface area contributed by atoms with Gasteiger partial charge in [0.15, 0.2) is 0 Å². The number of likely N-dealkylation sites (tertiary alicyclic amines) is 1. The molecule has 0 spiro atoms. The average Bonchev–Trinajstić information content (AvgIpc) is 2.46. The Morgan fingerprint density at radius 3 is 2.75 bits per heavy atom. The number of ether oxygens (including phenoxy) is 1. The fraction of sp³-hybridized carbons (Fsp3) is 0.429. The van der Waals surface area contributed by atoms with E-state index >= 15 is 0 Å². The maximum Gasteiger partial charge on any atom is 0.254 e. The number of nitrogens with zero attached hydrogens (tertiary/aromatic N) is 1. The van der Waals surface area contributed by atoms with Crippen LogP contribution in [0.3, 0.4) is 0 Å². The number of halogens is 1. The largest absolute Gasteiger partial charge is 0.496 e. The second-order valence-electron chi connectivity index (χ2n) is 4.76. The van der Waals surface area contributed by atoms with Gasteiger partial charge >= 0.3 is 0 Å². The number of carbonyl (C=O) groups excluding carboxylic acids is 2. The standard InChI is InChI=1S/C14H17BrN2O3/c1-20-12-6-5-9(8-10(12)15)14(19)17-7-3-2-4-11(17)13(16)18/h5-6,8,11H,2-4,7H2,1H3,(H2,16,18)/t11-/m1/s1. The van der Waals surface area contributed by atoms with Crippen LogP contribution in [-0.4, -0.2) is 36.4 Å². The lowest BCUT2D eigenvalue weighted by Crippen LogP contribution is -2.50. The molecule has 2 amide bonds. The minimum absolute atomic E-state index is 0.170. The van der Waals surface area contributed by atoms with Crippen LogP contribution in [0.5, 0.6) is 5.75 Å². The molecule has 6 heteroatoms. The summed E-state index contributed by atoms with van der Waals surface area (Å²) in [6.07, 6.45) is 2.45. The van der Waals surface area contributed by atoms with Crippen molar-refractivity contribution in [1.29, 1.82) is 0 Å². The van der Waals surface area contributed by atoms with E-state index in [4.69, 9.17) is 10.5 Å². The van der Waals surface area contributed by atoms with Crippen molar-refractivity contribution in [2.75, 3.05) is 13.7 Å². The molecule has 0 saturated carbocycles. The molecule has 1 fully saturated rings. The van der Waals surface area contributed by atoms with Crippen LogP contribution < -0.4 is 10.5 Å². The van der Waals surface area contributed by atoms with E-state index in [1.165, 1.54) is 0 Å². The number of primary amides is 1. The van der Waals surface area contributed by atoms with E-state index < -0.39 is 11.9 Å². The molecule has 0 aromatic heterocycles. The van der Waals surface area contributed by atoms with Crippen LogP contribution in [0.2, 0.25) is 0 Å². The number of amides is 2. The van der Waals surface area contributed by atoms with Gasteiger partial charge in [-0.05, 0) is 53.4 Å². The molecule has 1 aromatic rings. The molecule has 0 unspecified atom stereocenters. The molecule has 0 bridgehead atoms. The lowest BCUT2D eigenvalue weighted by molar-refractivity contribution is -0.123. The summed E-state index contributed by atoms with van der Waals surface area (Å²) in [6.45, 7) is 0.566. The molecular formula is C14H17BrN2O3. The van der Waals surface area contributed by atoms with E-state index in [9.17, 15) is 9.59 Å². The van der Waals surface area contributed by atoms with Crippen molar-refractivity contribution in [3.63, 3.8) is 0 Å². The van der Waals surface area contributed by atoms with Gasteiger partial charge in [0.25, 0.3) is 5.91 Å². The maximum absolute atomic E-state index is 12.5. The van der Waals surface area contributed by atoms with Crippen LogP contribution in [0.1, 0.15) is 29.6 Å². The molecule has 2 rings (SSSR count). The molecule has 1 heterocycles. The highest BCUT2D eigenvalue weighted by Crippen LogP contribution is 2.27. The Bertz CT molecular complexity index is 533. The van der Waals surface area contributed by atoms with Crippen molar-refractivity contribution < 1.29 is 14.3 Å². The van der Waals surface area contributed by atoms with Crippen LogP contribution >= 0.6 is 15.9 Å². The van der Waals surface area contributed by atoms with Crippen molar-refractivity contribution in [2.24, 2.45) is 5.73 Å². The molecule has 5 nitrogen and oxygen atoms in total. The first-order chi connectivity index (χ1) is 9.54. The van der Waals surface area contributed by atoms with E-state index in [0.29, 0.717) is 28.8 Å². The summed E-state index contributed by atoms with van der Waals surface area (Å²) in [7, 11) is 1.56. The second kappa shape index (κ2) is 6.26. The number of methoxy groups -OCH3 is 1. The van der Waals surface area contributed by atoms with Gasteiger partial charge in [-0.2, -0.15) is 0 Å². The highest BCUT2D eigenvalue weighted by atomic mass is 79.9. The Hall–Kier alpha value is -1.56. The first kappa shape index (κ1) is 14.8. The smallest absolute Gasteiger partial charge is 0.254 e. The van der Waals surface area contributed by atoms with Crippen LogP contribution in [0.4, 0.5) is 0 Å². The third kappa shape index (κ3) is 2.95. The van der Waals surface area contributed by atoms with Gasteiger partial charge in [0.2, 0.25) is 5.91 Å². The van der Waals surface area contributed by atoms with E-state index in [1.54, 1.807) is 30.2 Å². The number of nitrogens with two attached hydrogens (primary N) is 1. The number of rotatable bonds is 3. The van der Waals surface area contributed by atoms with Crippen molar-refractivity contribution in [2.45, 2.75) is 25.3 Å². The summed E-state index contributed by atoms with van der Waals surface area (Å²) in [5.41, 5.74) is 5.91. The summed E-state index contributed by atoms with van der Waals surface area (Å²) in [4.78, 5) is 25.6. The topological polar surface area (TPSA) is 72.6 Å². The lowest BCUT2D eigenvalue weighted by atomic mass is 10.0. The molecule has 108 valence electrons. The van der Waals surface area contributed by atoms with E-state index in [-0.39, 0.29) is 5.91 Å². The minimum Gasteiger partial charge on any atom is -0.496 e. The number of piperidine rings is 1. The summed E-state index contributed by atoms with van der Waals surface area (Å²) < 4.78 is 5.85. The van der Waals surface area contributed by atoms with E-state index in [0.717, 1.165) is 12.8 Å². The van der Waals surface area contributed by atoms with Gasteiger partial charge in [-0.25, -0.2) is 0 Å². The molecule has 1 aromatic carbocycles. The fourth-order valence-electron chi connectivity index (χ4n) is 2.44. The monoisotopic (exact) mass is 340 g/mol. The zero-order chi connectivity index (χ0) is 14.7. The van der Waals surface area contributed by atoms with Gasteiger partial charge in [0, 0.05) is 12.1 Å². The second-order valence-corrected chi connectivity index (χ2v) is 5.62. The highest BCUT2D eigenvalue weighted by molar-refractivity contribution is 9.10. The zero-order valence-corrected chi connectivity index (χ0v) is 12.9. The molecule has 1 aliphatic rings. The highest BCUT2D eigenvalue weighted by Gasteiger charge is 2.31. The Balaban J connectivity index is 2.25. The van der Waals surface area contributed by atoms with Crippen molar-refractivity contribution >= 4 is 27.7 Å². The molecule has 1 atom stereocenters. The van der Waals surface area contributed by atoms with Crippen molar-refractivity contribution in [1.82, 2.24) is 4.90 Å². The fourth-order valence-corrected chi connectivity index (χ4v) is 2.98. The van der Waals surface area contributed by atoms with Crippen LogP contribution in [0.25, 0.3) is 0 Å². The predicted octanol–water partition coefficient (Wildman–Crippen LogP) is 1.94. The van der Waals surface area contributed by atoms with Crippen LogP contribution in [0, 0.1) is 0 Å². The van der Waals surface area contributed by atoms with Gasteiger partial charge < -0.3 is 15.4 Å². The van der Waals surface area contributed by atoms with Gasteiger partial charge in [-0.15, -0.1) is 0 Å². The van der Waals surface area contributed by atoms with Crippen LogP contribution in [-0.2, 0) is 4.79 Å². The van der Waals surface area contributed by atoms with E-state index in [2.05, 4.69) is 15.9 Å². The molecule has 0 aliphatic carbocycles. The summed E-state index contributed by atoms with van der Waals surface area (Å²) in [6, 6.07) is 4.62. The van der Waals surface area contributed by atoms with Crippen LogP contribution in [0.15, 0.2) is 22.7 Å². The molecular weight excluding hydrogens is 324 g/mol. The van der Waals surface area contributed by atoms with E-state index in [1.807, 2.05) is 0 Å². The Labute approximate surface area is 126 Å². The predicted molar refractivity (Wildman–Crippen MR) is 78.6 cm³/mol. The van der Waals surface area contributed by atoms with Gasteiger partial charge in [0.05, 0.1) is 11.6 Å². The average molecular weight is 341 g/mol. The quantitative estimate of drug-likeness (QED) is 0.913. The van der Waals surface area contributed by atoms with Crippen molar-refractivity contribution in [3.8, 4) is 5.75 Å². The molecule has 0 radical (unpaired) electrons. The number of benzene rings is 1. The molecule has 1 saturated heterocycles. The number of hydrogen-bond donors (Lipinski definition) is 1. The SMILES string of the molecule is COc1ccc(C(=O)N2CCCC[C@@H]2C(N)=O)cc1Br. The Kier molecular flexibility index (Phi) is 4.65. The summed E-state index contributed by atoms with van der Waals surface area (Å²) in [5, 5.41) is 0. The Morgan fingerprint density at radius 1 is 1.40 bits per heavy atom.